The minimum Gasteiger partial charge on any atom is -0.381 e. The van der Waals surface area contributed by atoms with E-state index in [9.17, 15) is 0 Å². The highest BCUT2D eigenvalue weighted by Gasteiger charge is 2.56. The van der Waals surface area contributed by atoms with E-state index >= 15 is 0 Å². The lowest BCUT2D eigenvalue weighted by Gasteiger charge is -2.03. The topological polar surface area (TPSA) is 9.23 Å². The maximum atomic E-state index is 5.15. The molecule has 0 aromatic carbocycles. The highest BCUT2D eigenvalue weighted by molar-refractivity contribution is 5.06. The molecule has 0 saturated heterocycles. The van der Waals surface area contributed by atoms with Crippen LogP contribution in [0.2, 0.25) is 0 Å². The van der Waals surface area contributed by atoms with Gasteiger partial charge in [-0.1, -0.05) is 0 Å². The van der Waals surface area contributed by atoms with Crippen LogP contribution < -0.4 is 0 Å². The molecule has 0 aliphatic heterocycles. The second-order valence-corrected chi connectivity index (χ2v) is 2.61. The van der Waals surface area contributed by atoms with Crippen molar-refractivity contribution in [1.29, 1.82) is 0 Å². The normalized spacial score (nSPS) is 55.3. The predicted molar refractivity (Wildman–Crippen MR) is 27.0 cm³/mol. The van der Waals surface area contributed by atoms with Crippen molar-refractivity contribution in [3.8, 4) is 0 Å². The molecule has 0 aromatic heterocycles. The van der Waals surface area contributed by atoms with Gasteiger partial charge < -0.3 is 4.74 Å². The van der Waals surface area contributed by atoms with Gasteiger partial charge in [-0.15, -0.1) is 0 Å². The Labute approximate surface area is 43.7 Å². The van der Waals surface area contributed by atoms with Gasteiger partial charge in [0.25, 0.3) is 0 Å². The summed E-state index contributed by atoms with van der Waals surface area (Å²) in [5.41, 5.74) is 0. The third kappa shape index (κ3) is 0.325. The van der Waals surface area contributed by atoms with Crippen molar-refractivity contribution in [1.82, 2.24) is 0 Å². The lowest BCUT2D eigenvalue weighted by atomic mass is 10.0. The summed E-state index contributed by atoms with van der Waals surface area (Å²) in [5.74, 6) is 1.98. The summed E-state index contributed by atoms with van der Waals surface area (Å²) in [5, 5.41) is 0. The second kappa shape index (κ2) is 1.03. The van der Waals surface area contributed by atoms with Gasteiger partial charge >= 0.3 is 0 Å². The highest BCUT2D eigenvalue weighted by atomic mass is 16.5. The molecule has 0 spiro atoms. The molecule has 2 unspecified atom stereocenters. The first kappa shape index (κ1) is 3.90. The minimum atomic E-state index is 0.681. The van der Waals surface area contributed by atoms with Crippen molar-refractivity contribution in [2.75, 3.05) is 7.11 Å². The van der Waals surface area contributed by atoms with Crippen LogP contribution in [-0.4, -0.2) is 13.2 Å². The Morgan fingerprint density at radius 3 is 2.00 bits per heavy atom. The van der Waals surface area contributed by atoms with E-state index < -0.39 is 0 Å². The highest BCUT2D eigenvalue weighted by Crippen LogP contribution is 2.57. The summed E-state index contributed by atoms with van der Waals surface area (Å²) in [7, 11) is 1.82. The van der Waals surface area contributed by atoms with Gasteiger partial charge in [-0.25, -0.2) is 0 Å². The number of rotatable bonds is 1. The first-order valence-electron chi connectivity index (χ1n) is 2.96. The molecule has 0 radical (unpaired) electrons. The lowest BCUT2D eigenvalue weighted by molar-refractivity contribution is 0.169. The smallest absolute Gasteiger partial charge is 0.0634 e. The van der Waals surface area contributed by atoms with Crippen LogP contribution in [-0.2, 0) is 4.74 Å². The zero-order valence-electron chi connectivity index (χ0n) is 4.55. The first-order chi connectivity index (χ1) is 3.43. The number of hydrogen-bond acceptors (Lipinski definition) is 1. The van der Waals surface area contributed by atoms with E-state index in [1.165, 1.54) is 12.8 Å². The average Bonchev–Trinajstić information content (AvgIpc) is 2.07. The Bertz CT molecular complexity index is 80.2. The fraction of sp³-hybridized carbons (Fsp3) is 1.00. The molecule has 40 valence electrons. The molecule has 2 aliphatic carbocycles. The lowest BCUT2D eigenvalue weighted by Crippen LogP contribution is -1.93. The largest absolute Gasteiger partial charge is 0.381 e. The third-order valence-corrected chi connectivity index (χ3v) is 2.36. The Balaban J connectivity index is 1.95. The molecule has 0 aromatic rings. The van der Waals surface area contributed by atoms with E-state index in [4.69, 9.17) is 4.74 Å². The second-order valence-electron chi connectivity index (χ2n) is 2.61. The molecule has 0 bridgehead atoms. The monoisotopic (exact) mass is 98.1 g/mol. The Morgan fingerprint density at radius 2 is 1.86 bits per heavy atom. The summed E-state index contributed by atoms with van der Waals surface area (Å²) >= 11 is 0. The molecule has 7 heavy (non-hydrogen) atoms. The molecule has 1 heteroatoms. The third-order valence-electron chi connectivity index (χ3n) is 2.36. The van der Waals surface area contributed by atoms with Crippen LogP contribution >= 0.6 is 0 Å². The number of hydrogen-bond donors (Lipinski definition) is 0. The Kier molecular flexibility index (Phi) is 0.571. The Hall–Kier alpha value is -0.0400. The van der Waals surface area contributed by atoms with Gasteiger partial charge in [0.2, 0.25) is 0 Å². The van der Waals surface area contributed by atoms with E-state index in [0.717, 1.165) is 11.8 Å². The van der Waals surface area contributed by atoms with Crippen LogP contribution in [0.15, 0.2) is 0 Å². The maximum Gasteiger partial charge on any atom is 0.0634 e. The molecule has 2 fully saturated rings. The van der Waals surface area contributed by atoms with Crippen molar-refractivity contribution >= 4 is 0 Å². The summed E-state index contributed by atoms with van der Waals surface area (Å²) in [6, 6.07) is 0. The zero-order chi connectivity index (χ0) is 4.85. The van der Waals surface area contributed by atoms with E-state index in [1.807, 2.05) is 7.11 Å². The number of ether oxygens (including phenoxy) is 1. The van der Waals surface area contributed by atoms with Crippen molar-refractivity contribution in [3.05, 3.63) is 0 Å². The number of fused-ring (bicyclic) bond motifs is 1. The van der Waals surface area contributed by atoms with Gasteiger partial charge in [0.15, 0.2) is 0 Å². The molecule has 0 N–H and O–H groups in total. The van der Waals surface area contributed by atoms with Gasteiger partial charge in [-0.05, 0) is 24.7 Å². The van der Waals surface area contributed by atoms with Crippen molar-refractivity contribution in [2.45, 2.75) is 18.9 Å². The van der Waals surface area contributed by atoms with Crippen LogP contribution in [0.5, 0.6) is 0 Å². The molecule has 2 rings (SSSR count). The zero-order valence-corrected chi connectivity index (χ0v) is 4.55. The summed E-state index contributed by atoms with van der Waals surface area (Å²) in [6.45, 7) is 0. The average molecular weight is 98.1 g/mol. The number of methoxy groups -OCH3 is 1. The fourth-order valence-electron chi connectivity index (χ4n) is 1.64. The Morgan fingerprint density at radius 1 is 1.29 bits per heavy atom. The molecule has 0 amide bonds. The summed E-state index contributed by atoms with van der Waals surface area (Å²) in [4.78, 5) is 0. The first-order valence-corrected chi connectivity index (χ1v) is 2.96. The standard InChI is InChI=1S/C6H10O/c1-7-6-4-2-3-5(4)6/h4-6H,2-3H2,1H3. The van der Waals surface area contributed by atoms with E-state index in [2.05, 4.69) is 0 Å². The molecule has 2 saturated carbocycles. The summed E-state index contributed by atoms with van der Waals surface area (Å²) in [6.07, 6.45) is 3.55. The summed E-state index contributed by atoms with van der Waals surface area (Å²) < 4.78 is 5.15. The molecular weight excluding hydrogens is 88.1 g/mol. The van der Waals surface area contributed by atoms with Gasteiger partial charge in [0.1, 0.15) is 0 Å². The van der Waals surface area contributed by atoms with Crippen LogP contribution in [0.3, 0.4) is 0 Å². The van der Waals surface area contributed by atoms with Crippen LogP contribution in [0.25, 0.3) is 0 Å². The van der Waals surface area contributed by atoms with E-state index in [-0.39, 0.29) is 0 Å². The molecule has 1 nitrogen and oxygen atoms in total. The van der Waals surface area contributed by atoms with Gasteiger partial charge in [-0.3, -0.25) is 0 Å². The van der Waals surface area contributed by atoms with E-state index in [0.29, 0.717) is 6.10 Å². The van der Waals surface area contributed by atoms with Gasteiger partial charge in [0, 0.05) is 7.11 Å². The van der Waals surface area contributed by atoms with Crippen molar-refractivity contribution < 1.29 is 4.74 Å². The van der Waals surface area contributed by atoms with E-state index in [1.54, 1.807) is 0 Å². The van der Waals surface area contributed by atoms with Gasteiger partial charge in [0.05, 0.1) is 6.10 Å². The van der Waals surface area contributed by atoms with Crippen molar-refractivity contribution in [3.63, 3.8) is 0 Å². The molecule has 2 aliphatic rings. The predicted octanol–water partition coefficient (Wildman–Crippen LogP) is 1.04. The minimum absolute atomic E-state index is 0.681. The quantitative estimate of drug-likeness (QED) is 0.476. The van der Waals surface area contributed by atoms with Crippen LogP contribution in [0, 0.1) is 11.8 Å². The molecule has 0 heterocycles. The van der Waals surface area contributed by atoms with Crippen molar-refractivity contribution in [2.24, 2.45) is 11.8 Å². The molecular formula is C6H10O. The van der Waals surface area contributed by atoms with Gasteiger partial charge in [-0.2, -0.15) is 0 Å². The van der Waals surface area contributed by atoms with Crippen LogP contribution in [0.4, 0.5) is 0 Å². The fourth-order valence-corrected chi connectivity index (χ4v) is 1.64. The SMILES string of the molecule is COC1C2CCC21. The maximum absolute atomic E-state index is 5.15. The van der Waals surface area contributed by atoms with Crippen LogP contribution in [0.1, 0.15) is 12.8 Å². The molecule has 2 atom stereocenters.